The van der Waals surface area contributed by atoms with Gasteiger partial charge in [-0.15, -0.1) is 0 Å². The first-order valence-corrected chi connectivity index (χ1v) is 9.88. The summed E-state index contributed by atoms with van der Waals surface area (Å²) >= 11 is 0. The van der Waals surface area contributed by atoms with Crippen molar-refractivity contribution in [1.82, 2.24) is 15.0 Å². The molecule has 3 rings (SSSR count). The van der Waals surface area contributed by atoms with Crippen LogP contribution in [0.3, 0.4) is 0 Å². The van der Waals surface area contributed by atoms with Gasteiger partial charge >= 0.3 is 6.09 Å². The largest absolute Gasteiger partial charge is 0.444 e. The Balaban J connectivity index is 1.67. The van der Waals surface area contributed by atoms with Crippen LogP contribution in [0.1, 0.15) is 41.7 Å². The third kappa shape index (κ3) is 6.99. The predicted molar refractivity (Wildman–Crippen MR) is 123 cm³/mol. The molecular formula is C22H23N7O4. The Kier molecular flexibility index (Phi) is 6.82. The number of pyridine rings is 3. The molecule has 0 saturated heterocycles. The molecule has 5 N–H and O–H groups in total. The topological polar surface area (TPSA) is 161 Å². The number of ether oxygens (including phenoxy) is 1. The third-order valence-electron chi connectivity index (χ3n) is 3.85. The van der Waals surface area contributed by atoms with E-state index in [1.165, 1.54) is 18.2 Å². The summed E-state index contributed by atoms with van der Waals surface area (Å²) in [6, 6.07) is 13.9. The summed E-state index contributed by atoms with van der Waals surface area (Å²) < 4.78 is 5.18. The lowest BCUT2D eigenvalue weighted by Gasteiger charge is -2.19. The first kappa shape index (κ1) is 23.1. The molecule has 0 spiro atoms. The van der Waals surface area contributed by atoms with Gasteiger partial charge in [-0.3, -0.25) is 14.9 Å². The lowest BCUT2D eigenvalue weighted by Crippen LogP contribution is -2.27. The lowest BCUT2D eigenvalue weighted by atomic mass is 10.2. The second-order valence-corrected chi connectivity index (χ2v) is 7.80. The fourth-order valence-corrected chi connectivity index (χ4v) is 2.55. The van der Waals surface area contributed by atoms with E-state index in [0.717, 1.165) is 0 Å². The van der Waals surface area contributed by atoms with Gasteiger partial charge in [0.05, 0.1) is 0 Å². The average molecular weight is 449 g/mol. The van der Waals surface area contributed by atoms with Gasteiger partial charge < -0.3 is 21.1 Å². The Bertz CT molecular complexity index is 1190. The number of aromatic nitrogens is 3. The molecule has 0 aliphatic heterocycles. The van der Waals surface area contributed by atoms with E-state index in [9.17, 15) is 14.4 Å². The summed E-state index contributed by atoms with van der Waals surface area (Å²) in [7, 11) is 0. The van der Waals surface area contributed by atoms with Crippen molar-refractivity contribution < 1.29 is 19.1 Å². The maximum absolute atomic E-state index is 12.6. The van der Waals surface area contributed by atoms with Crippen LogP contribution in [0.5, 0.6) is 0 Å². The van der Waals surface area contributed by atoms with Gasteiger partial charge in [0, 0.05) is 0 Å². The van der Waals surface area contributed by atoms with Crippen molar-refractivity contribution in [3.63, 3.8) is 0 Å². The van der Waals surface area contributed by atoms with Crippen molar-refractivity contribution in [2.24, 2.45) is 0 Å². The van der Waals surface area contributed by atoms with E-state index in [2.05, 4.69) is 30.9 Å². The second kappa shape index (κ2) is 9.73. The predicted octanol–water partition coefficient (Wildman–Crippen LogP) is 3.31. The number of nitrogens with two attached hydrogens (primary N) is 1. The zero-order chi connectivity index (χ0) is 24.0. The van der Waals surface area contributed by atoms with Gasteiger partial charge in [0.1, 0.15) is 40.3 Å². The molecule has 0 aromatic carbocycles. The molecule has 0 radical (unpaired) electrons. The molecule has 3 aromatic rings. The van der Waals surface area contributed by atoms with Crippen molar-refractivity contribution in [3.05, 3.63) is 66.0 Å². The quantitative estimate of drug-likeness (QED) is 0.461. The second-order valence-electron chi connectivity index (χ2n) is 7.80. The Hall–Kier alpha value is -4.54. The molecule has 0 aliphatic rings. The number of nitrogen functional groups attached to an aromatic ring is 1. The normalized spacial score (nSPS) is 10.8. The molecule has 11 nitrogen and oxygen atoms in total. The number of rotatable bonds is 5. The molecule has 0 atom stereocenters. The van der Waals surface area contributed by atoms with Crippen LogP contribution in [0.15, 0.2) is 54.6 Å². The summed E-state index contributed by atoms with van der Waals surface area (Å²) in [6.45, 7) is 5.22. The molecule has 0 aliphatic carbocycles. The zero-order valence-corrected chi connectivity index (χ0v) is 18.2. The summed E-state index contributed by atoms with van der Waals surface area (Å²) in [6.07, 6.45) is -0.673. The van der Waals surface area contributed by atoms with Gasteiger partial charge in [-0.1, -0.05) is 18.2 Å². The maximum Gasteiger partial charge on any atom is 0.413 e. The van der Waals surface area contributed by atoms with E-state index >= 15 is 0 Å². The molecule has 3 aromatic heterocycles. The molecule has 0 fully saturated rings. The Morgan fingerprint density at radius 2 is 1.21 bits per heavy atom. The van der Waals surface area contributed by atoms with Crippen LogP contribution >= 0.6 is 0 Å². The Morgan fingerprint density at radius 1 is 0.727 bits per heavy atom. The van der Waals surface area contributed by atoms with Crippen molar-refractivity contribution in [3.8, 4) is 0 Å². The highest BCUT2D eigenvalue weighted by molar-refractivity contribution is 6.05. The Morgan fingerprint density at radius 3 is 1.76 bits per heavy atom. The number of carbonyl (C=O) groups is 3. The van der Waals surface area contributed by atoms with Crippen LogP contribution in [0.25, 0.3) is 0 Å². The number of amides is 3. The monoisotopic (exact) mass is 449 g/mol. The van der Waals surface area contributed by atoms with Crippen LogP contribution in [0, 0.1) is 0 Å². The van der Waals surface area contributed by atoms with Crippen LogP contribution in [-0.4, -0.2) is 38.5 Å². The average Bonchev–Trinajstić information content (AvgIpc) is 2.72. The number of anilines is 4. The van der Waals surface area contributed by atoms with Crippen LogP contribution in [-0.2, 0) is 4.74 Å². The highest BCUT2D eigenvalue weighted by atomic mass is 16.6. The van der Waals surface area contributed by atoms with Gasteiger partial charge in [-0.2, -0.15) is 0 Å². The van der Waals surface area contributed by atoms with Gasteiger partial charge in [0.2, 0.25) is 0 Å². The fraction of sp³-hybridized carbons (Fsp3) is 0.182. The summed E-state index contributed by atoms with van der Waals surface area (Å²) in [5.74, 6) is -0.259. The van der Waals surface area contributed by atoms with Crippen molar-refractivity contribution in [2.45, 2.75) is 26.4 Å². The summed E-state index contributed by atoms with van der Waals surface area (Å²) in [5, 5.41) is 7.64. The molecule has 11 heteroatoms. The molecule has 33 heavy (non-hydrogen) atoms. The number of nitrogens with zero attached hydrogens (tertiary/aromatic N) is 3. The Labute approximate surface area is 189 Å². The first-order valence-electron chi connectivity index (χ1n) is 9.88. The van der Waals surface area contributed by atoms with Gasteiger partial charge in [-0.25, -0.2) is 19.7 Å². The molecular weight excluding hydrogens is 426 g/mol. The van der Waals surface area contributed by atoms with E-state index in [1.807, 2.05) is 0 Å². The molecule has 170 valence electrons. The SMILES string of the molecule is CC(C)(C)OC(=O)Nc1cccc(NC(=O)c2cccc(C(=O)Nc3cccc(N)n3)n2)n1. The van der Waals surface area contributed by atoms with E-state index in [-0.39, 0.29) is 34.7 Å². The molecule has 0 saturated carbocycles. The molecule has 0 bridgehead atoms. The van der Waals surface area contributed by atoms with Crippen molar-refractivity contribution in [1.29, 1.82) is 0 Å². The van der Waals surface area contributed by atoms with Crippen molar-refractivity contribution >= 4 is 41.2 Å². The summed E-state index contributed by atoms with van der Waals surface area (Å²) in [4.78, 5) is 49.2. The third-order valence-corrected chi connectivity index (χ3v) is 3.85. The smallest absolute Gasteiger partial charge is 0.413 e. The fourth-order valence-electron chi connectivity index (χ4n) is 2.55. The first-order chi connectivity index (χ1) is 15.6. The minimum atomic E-state index is -0.673. The van der Waals surface area contributed by atoms with Gasteiger partial charge in [0.15, 0.2) is 0 Å². The highest BCUT2D eigenvalue weighted by Gasteiger charge is 2.17. The minimum absolute atomic E-state index is 0.00418. The standard InChI is InChI=1S/C22H23N7O4/c1-22(2,3)33-21(32)29-18-12-6-11-17(26-18)28-20(31)14-8-4-7-13(24-14)19(30)27-16-10-5-9-15(23)25-16/h4-12H,1-3H3,(H3,23,25,27,30)(H2,26,28,29,31,32). The van der Waals surface area contributed by atoms with Crippen molar-refractivity contribution in [2.75, 3.05) is 21.7 Å². The highest BCUT2D eigenvalue weighted by Crippen LogP contribution is 2.14. The zero-order valence-electron chi connectivity index (χ0n) is 18.2. The van der Waals surface area contributed by atoms with Gasteiger partial charge in [-0.05, 0) is 57.2 Å². The van der Waals surface area contributed by atoms with Crippen LogP contribution in [0.4, 0.5) is 28.1 Å². The number of nitrogens with one attached hydrogen (secondary N) is 3. The molecule has 3 amide bonds. The number of hydrogen-bond acceptors (Lipinski definition) is 8. The number of hydrogen-bond donors (Lipinski definition) is 4. The minimum Gasteiger partial charge on any atom is -0.444 e. The molecule has 3 heterocycles. The van der Waals surface area contributed by atoms with E-state index < -0.39 is 23.5 Å². The van der Waals surface area contributed by atoms with Crippen LogP contribution in [0.2, 0.25) is 0 Å². The number of carbonyl (C=O) groups excluding carboxylic acids is 3. The maximum atomic E-state index is 12.6. The molecule has 0 unspecified atom stereocenters. The van der Waals surface area contributed by atoms with Crippen LogP contribution < -0.4 is 21.7 Å². The van der Waals surface area contributed by atoms with E-state index in [4.69, 9.17) is 10.5 Å². The van der Waals surface area contributed by atoms with E-state index in [0.29, 0.717) is 0 Å². The van der Waals surface area contributed by atoms with Gasteiger partial charge in [0.25, 0.3) is 11.8 Å². The lowest BCUT2D eigenvalue weighted by molar-refractivity contribution is 0.0635. The summed E-state index contributed by atoms with van der Waals surface area (Å²) in [5.41, 5.74) is 4.95. The van der Waals surface area contributed by atoms with E-state index in [1.54, 1.807) is 57.2 Å².